The molecule has 0 bridgehead atoms. The molecule has 0 unspecified atom stereocenters. The molecule has 1 amide bonds. The molecule has 7 nitrogen and oxygen atoms in total. The first-order valence-corrected chi connectivity index (χ1v) is 11.8. The van der Waals surface area contributed by atoms with Crippen molar-refractivity contribution in [1.82, 2.24) is 5.32 Å². The summed E-state index contributed by atoms with van der Waals surface area (Å²) in [6.07, 6.45) is 3.21. The first-order valence-electron chi connectivity index (χ1n) is 11.8. The SMILES string of the molecule is CNC(=O)C[N@+]12CCC[C@H]1Cc1c(c3cc(OC)c(OC)cc3c3cc(OC)c(OC)cc13)C2. The van der Waals surface area contributed by atoms with Crippen molar-refractivity contribution in [3.05, 3.63) is 35.4 Å². The van der Waals surface area contributed by atoms with Crippen LogP contribution >= 0.6 is 0 Å². The number of carbonyl (C=O) groups excluding carboxylic acids is 1. The number of fused-ring (bicyclic) bond motifs is 7. The van der Waals surface area contributed by atoms with Crippen LogP contribution in [0.2, 0.25) is 0 Å². The minimum absolute atomic E-state index is 0.103. The maximum atomic E-state index is 12.5. The van der Waals surface area contributed by atoms with E-state index in [1.54, 1.807) is 35.5 Å². The van der Waals surface area contributed by atoms with Crippen LogP contribution in [-0.2, 0) is 17.8 Å². The molecule has 2 atom stereocenters. The monoisotopic (exact) mass is 465 g/mol. The maximum Gasteiger partial charge on any atom is 0.275 e. The summed E-state index contributed by atoms with van der Waals surface area (Å²) >= 11 is 0. The Morgan fingerprint density at radius 3 is 1.85 bits per heavy atom. The molecule has 1 N–H and O–H groups in total. The molecule has 0 saturated carbocycles. The third kappa shape index (κ3) is 3.33. The van der Waals surface area contributed by atoms with E-state index in [0.717, 1.165) is 58.7 Å². The van der Waals surface area contributed by atoms with E-state index in [4.69, 9.17) is 18.9 Å². The number of hydrogen-bond acceptors (Lipinski definition) is 5. The van der Waals surface area contributed by atoms with Gasteiger partial charge in [0.2, 0.25) is 0 Å². The lowest BCUT2D eigenvalue weighted by atomic mass is 9.83. The van der Waals surface area contributed by atoms with Crippen LogP contribution in [-0.4, -0.2) is 65.0 Å². The van der Waals surface area contributed by atoms with Gasteiger partial charge in [0.1, 0.15) is 6.54 Å². The van der Waals surface area contributed by atoms with Gasteiger partial charge in [0, 0.05) is 31.9 Å². The molecule has 7 heteroatoms. The molecular weight excluding hydrogens is 432 g/mol. The van der Waals surface area contributed by atoms with Gasteiger partial charge in [-0.2, -0.15) is 0 Å². The Kier molecular flexibility index (Phi) is 5.68. The average Bonchev–Trinajstić information content (AvgIpc) is 3.27. The van der Waals surface area contributed by atoms with Crippen molar-refractivity contribution in [2.45, 2.75) is 31.8 Å². The summed E-state index contributed by atoms with van der Waals surface area (Å²) < 4.78 is 23.5. The number of benzene rings is 3. The number of methoxy groups -OCH3 is 4. The van der Waals surface area contributed by atoms with Gasteiger partial charge in [0.25, 0.3) is 5.91 Å². The molecule has 0 aliphatic carbocycles. The number of rotatable bonds is 6. The van der Waals surface area contributed by atoms with Crippen LogP contribution in [0.4, 0.5) is 0 Å². The molecule has 3 aromatic carbocycles. The van der Waals surface area contributed by atoms with E-state index in [1.165, 1.54) is 16.5 Å². The number of quaternary nitrogens is 1. The first kappa shape index (κ1) is 22.6. The number of likely N-dealkylation sites (N-methyl/N-ethyl adjacent to an activating group) is 1. The van der Waals surface area contributed by atoms with E-state index in [1.807, 2.05) is 0 Å². The minimum atomic E-state index is 0.103. The van der Waals surface area contributed by atoms with E-state index >= 15 is 0 Å². The number of nitrogens with one attached hydrogen (secondary N) is 1. The Morgan fingerprint density at radius 2 is 1.35 bits per heavy atom. The van der Waals surface area contributed by atoms with Gasteiger partial charge in [-0.1, -0.05) is 0 Å². The molecule has 180 valence electrons. The number of nitrogens with zero attached hydrogens (tertiary/aromatic N) is 1. The molecule has 2 aliphatic heterocycles. The number of hydrogen-bond donors (Lipinski definition) is 1. The van der Waals surface area contributed by atoms with Crippen molar-refractivity contribution in [1.29, 1.82) is 0 Å². The second kappa shape index (κ2) is 8.55. The lowest BCUT2D eigenvalue weighted by Gasteiger charge is -2.44. The zero-order valence-corrected chi connectivity index (χ0v) is 20.6. The Morgan fingerprint density at radius 1 is 0.853 bits per heavy atom. The van der Waals surface area contributed by atoms with Crippen LogP contribution in [0.3, 0.4) is 0 Å². The maximum absolute atomic E-state index is 12.5. The highest BCUT2D eigenvalue weighted by Crippen LogP contribution is 2.48. The van der Waals surface area contributed by atoms with Crippen LogP contribution in [0, 0.1) is 0 Å². The molecule has 0 aromatic heterocycles. The van der Waals surface area contributed by atoms with Crippen molar-refractivity contribution in [2.75, 3.05) is 48.6 Å². The number of amides is 1. The number of carbonyl (C=O) groups is 1. The summed E-state index contributed by atoms with van der Waals surface area (Å²) in [5, 5.41) is 7.37. The van der Waals surface area contributed by atoms with Crippen molar-refractivity contribution in [2.24, 2.45) is 0 Å². The molecule has 0 radical (unpaired) electrons. The van der Waals surface area contributed by atoms with E-state index < -0.39 is 0 Å². The summed E-state index contributed by atoms with van der Waals surface area (Å²) in [4.78, 5) is 12.5. The Bertz CT molecular complexity index is 1290. The van der Waals surface area contributed by atoms with E-state index in [9.17, 15) is 4.79 Å². The molecular formula is C27H33N2O5+. The van der Waals surface area contributed by atoms with Gasteiger partial charge in [0.05, 0.1) is 41.0 Å². The van der Waals surface area contributed by atoms with Gasteiger partial charge < -0.3 is 28.7 Å². The third-order valence-electron chi connectivity index (χ3n) is 7.92. The van der Waals surface area contributed by atoms with Crippen molar-refractivity contribution in [3.8, 4) is 23.0 Å². The minimum Gasteiger partial charge on any atom is -0.493 e. The zero-order chi connectivity index (χ0) is 24.0. The summed E-state index contributed by atoms with van der Waals surface area (Å²) in [6, 6.07) is 8.76. The van der Waals surface area contributed by atoms with Crippen molar-refractivity contribution in [3.63, 3.8) is 0 Å². The fourth-order valence-electron chi connectivity index (χ4n) is 6.22. The summed E-state index contributed by atoms with van der Waals surface area (Å²) in [5.74, 6) is 2.92. The summed E-state index contributed by atoms with van der Waals surface area (Å²) in [7, 11) is 8.39. The zero-order valence-electron chi connectivity index (χ0n) is 20.6. The Hall–Kier alpha value is -3.19. The molecule has 34 heavy (non-hydrogen) atoms. The normalized spacial score (nSPS) is 21.1. The lowest BCUT2D eigenvalue weighted by Crippen LogP contribution is -2.58. The molecule has 2 aliphatic rings. The van der Waals surface area contributed by atoms with Gasteiger partial charge in [-0.25, -0.2) is 0 Å². The predicted octanol–water partition coefficient (Wildman–Crippen LogP) is 3.81. The number of ether oxygens (including phenoxy) is 4. The van der Waals surface area contributed by atoms with E-state index in [2.05, 4.69) is 29.6 Å². The molecule has 5 rings (SSSR count). The third-order valence-corrected chi connectivity index (χ3v) is 7.92. The molecule has 3 aromatic rings. The van der Waals surface area contributed by atoms with Crippen LogP contribution in [0.1, 0.15) is 24.0 Å². The van der Waals surface area contributed by atoms with E-state index in [-0.39, 0.29) is 5.91 Å². The van der Waals surface area contributed by atoms with Crippen LogP contribution in [0.15, 0.2) is 24.3 Å². The largest absolute Gasteiger partial charge is 0.493 e. The topological polar surface area (TPSA) is 66.0 Å². The summed E-state index contributed by atoms with van der Waals surface area (Å²) in [5.41, 5.74) is 2.63. The van der Waals surface area contributed by atoms with E-state index in [0.29, 0.717) is 29.8 Å². The van der Waals surface area contributed by atoms with Gasteiger partial charge in [-0.05, 0) is 51.4 Å². The van der Waals surface area contributed by atoms with Crippen molar-refractivity contribution >= 4 is 27.5 Å². The predicted molar refractivity (Wildman–Crippen MR) is 132 cm³/mol. The lowest BCUT2D eigenvalue weighted by molar-refractivity contribution is -0.946. The molecule has 1 saturated heterocycles. The second-order valence-electron chi connectivity index (χ2n) is 9.39. The van der Waals surface area contributed by atoms with Crippen LogP contribution < -0.4 is 24.3 Å². The highest BCUT2D eigenvalue weighted by molar-refractivity contribution is 6.12. The first-order chi connectivity index (χ1) is 16.5. The van der Waals surface area contributed by atoms with Gasteiger partial charge in [-0.15, -0.1) is 0 Å². The van der Waals surface area contributed by atoms with Gasteiger partial charge >= 0.3 is 0 Å². The standard InChI is InChI=1S/C27H32N2O5/c1-28-27(30)15-29-8-6-7-16(29)9-17-18-10-23(31-2)24(32-3)11-19(18)20-12-25(33-4)26(34-5)13-21(20)22(17)14-29/h10-13,16H,6-9,14-15H2,1-5H3/p+1/t16-,29+/m0/s1. The Balaban J connectivity index is 1.85. The molecule has 0 spiro atoms. The average molecular weight is 466 g/mol. The van der Waals surface area contributed by atoms with Gasteiger partial charge in [-0.3, -0.25) is 4.79 Å². The Labute approximate surface area is 200 Å². The summed E-state index contributed by atoms with van der Waals surface area (Å²) in [6.45, 7) is 2.36. The highest BCUT2D eigenvalue weighted by Gasteiger charge is 2.47. The molecule has 1 fully saturated rings. The fourth-order valence-corrected chi connectivity index (χ4v) is 6.22. The quantitative estimate of drug-likeness (QED) is 0.443. The van der Waals surface area contributed by atoms with Crippen LogP contribution in [0.25, 0.3) is 21.5 Å². The smallest absolute Gasteiger partial charge is 0.275 e. The van der Waals surface area contributed by atoms with Crippen LogP contribution in [0.5, 0.6) is 23.0 Å². The second-order valence-corrected chi connectivity index (χ2v) is 9.39. The van der Waals surface area contributed by atoms with Gasteiger partial charge in [0.15, 0.2) is 29.5 Å². The molecule has 2 heterocycles. The fraction of sp³-hybridized carbons (Fsp3) is 0.444. The highest BCUT2D eigenvalue weighted by atomic mass is 16.5. The van der Waals surface area contributed by atoms with Crippen molar-refractivity contribution < 1.29 is 28.2 Å².